The monoisotopic (exact) mass is 223 g/mol. The lowest BCUT2D eigenvalue weighted by molar-refractivity contribution is 0.0526. The van der Waals surface area contributed by atoms with Gasteiger partial charge in [0, 0.05) is 0 Å². The molecule has 1 aromatic carbocycles. The molecule has 0 spiro atoms. The number of rotatable bonds is 4. The number of benzene rings is 1. The first-order valence-electron chi connectivity index (χ1n) is 4.61. The van der Waals surface area contributed by atoms with Crippen molar-refractivity contribution < 1.29 is 19.7 Å². The largest absolute Gasteiger partial charge is 0.493 e. The molecule has 0 bridgehead atoms. The van der Waals surface area contributed by atoms with E-state index < -0.39 is 12.2 Å². The van der Waals surface area contributed by atoms with Crippen LogP contribution in [0.4, 0.5) is 0 Å². The molecule has 0 aliphatic carbocycles. The van der Waals surface area contributed by atoms with Gasteiger partial charge in [-0.3, -0.25) is 0 Å². The van der Waals surface area contributed by atoms with E-state index in [2.05, 4.69) is 0 Å². The average Bonchev–Trinajstić information content (AvgIpc) is 2.35. The Kier molecular flexibility index (Phi) is 4.11. The molecular weight excluding hydrogens is 210 g/mol. The van der Waals surface area contributed by atoms with Crippen molar-refractivity contribution >= 4 is 0 Å². The zero-order valence-electron chi connectivity index (χ0n) is 9.04. The minimum absolute atomic E-state index is 0.395. The predicted molar refractivity (Wildman–Crippen MR) is 56.1 cm³/mol. The number of ether oxygens (including phenoxy) is 2. The fourth-order valence-corrected chi connectivity index (χ4v) is 1.29. The van der Waals surface area contributed by atoms with Gasteiger partial charge in [0.25, 0.3) is 0 Å². The van der Waals surface area contributed by atoms with Crippen molar-refractivity contribution in [2.24, 2.45) is 0 Å². The molecule has 86 valence electrons. The Morgan fingerprint density at radius 1 is 1.19 bits per heavy atom. The van der Waals surface area contributed by atoms with E-state index in [-0.39, 0.29) is 0 Å². The highest BCUT2D eigenvalue weighted by molar-refractivity contribution is 5.43. The first-order valence-corrected chi connectivity index (χ1v) is 4.61. The van der Waals surface area contributed by atoms with E-state index in [4.69, 9.17) is 14.7 Å². The summed E-state index contributed by atoms with van der Waals surface area (Å²) in [6.07, 6.45) is -2.72. The highest BCUT2D eigenvalue weighted by Gasteiger charge is 2.19. The maximum absolute atomic E-state index is 9.60. The molecule has 5 heteroatoms. The molecule has 1 rings (SSSR count). The molecule has 0 saturated carbocycles. The van der Waals surface area contributed by atoms with E-state index in [1.54, 1.807) is 18.2 Å². The SMILES string of the molecule is COc1ccc(C(O)C(O)C#N)cc1OC. The van der Waals surface area contributed by atoms with Gasteiger partial charge in [-0.15, -0.1) is 0 Å². The molecule has 1 aromatic rings. The zero-order chi connectivity index (χ0) is 12.1. The van der Waals surface area contributed by atoms with Crippen LogP contribution >= 0.6 is 0 Å². The number of nitriles is 1. The van der Waals surface area contributed by atoms with Crippen molar-refractivity contribution in [1.82, 2.24) is 0 Å². The van der Waals surface area contributed by atoms with Gasteiger partial charge in [0.15, 0.2) is 17.6 Å². The van der Waals surface area contributed by atoms with E-state index in [1.807, 2.05) is 0 Å². The van der Waals surface area contributed by atoms with Crippen molar-refractivity contribution in [3.63, 3.8) is 0 Å². The highest BCUT2D eigenvalue weighted by atomic mass is 16.5. The van der Waals surface area contributed by atoms with Crippen molar-refractivity contribution in [1.29, 1.82) is 5.26 Å². The van der Waals surface area contributed by atoms with Gasteiger partial charge in [0.2, 0.25) is 0 Å². The van der Waals surface area contributed by atoms with Gasteiger partial charge in [-0.1, -0.05) is 6.07 Å². The second-order valence-electron chi connectivity index (χ2n) is 3.13. The molecule has 0 aliphatic heterocycles. The predicted octanol–water partition coefficient (Wildman–Crippen LogP) is 0.622. The van der Waals surface area contributed by atoms with Crippen molar-refractivity contribution in [2.75, 3.05) is 14.2 Å². The molecule has 0 amide bonds. The molecule has 0 saturated heterocycles. The molecule has 0 aromatic heterocycles. The molecule has 0 heterocycles. The van der Waals surface area contributed by atoms with E-state index in [9.17, 15) is 10.2 Å². The minimum Gasteiger partial charge on any atom is -0.493 e. The summed E-state index contributed by atoms with van der Waals surface area (Å²) in [7, 11) is 2.97. The summed E-state index contributed by atoms with van der Waals surface area (Å²) in [5.74, 6) is 0.953. The van der Waals surface area contributed by atoms with Gasteiger partial charge in [-0.25, -0.2) is 0 Å². The van der Waals surface area contributed by atoms with Crippen LogP contribution in [0, 0.1) is 11.3 Å². The highest BCUT2D eigenvalue weighted by Crippen LogP contribution is 2.30. The second-order valence-corrected chi connectivity index (χ2v) is 3.13. The lowest BCUT2D eigenvalue weighted by Crippen LogP contribution is -2.15. The number of nitrogens with zero attached hydrogens (tertiary/aromatic N) is 1. The van der Waals surface area contributed by atoms with E-state index in [0.717, 1.165) is 0 Å². The van der Waals surface area contributed by atoms with Crippen LogP contribution in [0.15, 0.2) is 18.2 Å². The Morgan fingerprint density at radius 2 is 1.81 bits per heavy atom. The number of hydrogen-bond donors (Lipinski definition) is 2. The summed E-state index contributed by atoms with van der Waals surface area (Å²) in [5, 5.41) is 27.3. The summed E-state index contributed by atoms with van der Waals surface area (Å²) in [6, 6.07) is 6.24. The molecule has 0 fully saturated rings. The summed E-state index contributed by atoms with van der Waals surface area (Å²) < 4.78 is 10.1. The fourth-order valence-electron chi connectivity index (χ4n) is 1.29. The second kappa shape index (κ2) is 5.35. The van der Waals surface area contributed by atoms with Gasteiger partial charge in [-0.05, 0) is 17.7 Å². The Morgan fingerprint density at radius 3 is 2.31 bits per heavy atom. The van der Waals surface area contributed by atoms with Crippen LogP contribution in [0.25, 0.3) is 0 Å². The number of aliphatic hydroxyl groups excluding tert-OH is 2. The fraction of sp³-hybridized carbons (Fsp3) is 0.364. The maximum Gasteiger partial charge on any atom is 0.170 e. The first kappa shape index (κ1) is 12.3. The van der Waals surface area contributed by atoms with Gasteiger partial charge < -0.3 is 19.7 Å². The van der Waals surface area contributed by atoms with Gasteiger partial charge in [0.05, 0.1) is 20.3 Å². The topological polar surface area (TPSA) is 82.7 Å². The van der Waals surface area contributed by atoms with Gasteiger partial charge in [0.1, 0.15) is 6.10 Å². The maximum atomic E-state index is 9.60. The normalized spacial score (nSPS) is 13.7. The van der Waals surface area contributed by atoms with Crippen LogP contribution in [-0.2, 0) is 0 Å². The quantitative estimate of drug-likeness (QED) is 0.731. The summed E-state index contributed by atoms with van der Waals surface area (Å²) in [5.41, 5.74) is 0.395. The Bertz CT molecular complexity index is 399. The Labute approximate surface area is 93.5 Å². The van der Waals surface area contributed by atoms with Crippen molar-refractivity contribution in [2.45, 2.75) is 12.2 Å². The third-order valence-corrected chi connectivity index (χ3v) is 2.18. The number of hydrogen-bond acceptors (Lipinski definition) is 5. The Hall–Kier alpha value is -1.77. The summed E-state index contributed by atoms with van der Waals surface area (Å²) in [6.45, 7) is 0. The minimum atomic E-state index is -1.46. The van der Waals surface area contributed by atoms with Crippen LogP contribution < -0.4 is 9.47 Å². The van der Waals surface area contributed by atoms with Crippen molar-refractivity contribution in [3.05, 3.63) is 23.8 Å². The van der Waals surface area contributed by atoms with Crippen LogP contribution in [0.2, 0.25) is 0 Å². The molecule has 2 unspecified atom stereocenters. The molecule has 0 aliphatic rings. The van der Waals surface area contributed by atoms with Crippen LogP contribution in [0.3, 0.4) is 0 Å². The summed E-state index contributed by atoms with van der Waals surface area (Å²) in [4.78, 5) is 0. The van der Waals surface area contributed by atoms with Gasteiger partial charge in [-0.2, -0.15) is 5.26 Å². The molecule has 2 atom stereocenters. The van der Waals surface area contributed by atoms with E-state index in [1.165, 1.54) is 20.3 Å². The Balaban J connectivity index is 3.04. The van der Waals surface area contributed by atoms with Crippen LogP contribution in [0.1, 0.15) is 11.7 Å². The van der Waals surface area contributed by atoms with E-state index >= 15 is 0 Å². The lowest BCUT2D eigenvalue weighted by atomic mass is 10.0. The third-order valence-electron chi connectivity index (χ3n) is 2.18. The number of aliphatic hydroxyl groups is 2. The van der Waals surface area contributed by atoms with Crippen LogP contribution in [0.5, 0.6) is 11.5 Å². The molecule has 16 heavy (non-hydrogen) atoms. The average molecular weight is 223 g/mol. The van der Waals surface area contributed by atoms with E-state index in [0.29, 0.717) is 17.1 Å². The molecule has 0 radical (unpaired) electrons. The third kappa shape index (κ3) is 2.42. The van der Waals surface area contributed by atoms with Crippen LogP contribution in [-0.4, -0.2) is 30.5 Å². The smallest absolute Gasteiger partial charge is 0.170 e. The zero-order valence-corrected chi connectivity index (χ0v) is 9.04. The summed E-state index contributed by atoms with van der Waals surface area (Å²) >= 11 is 0. The number of methoxy groups -OCH3 is 2. The van der Waals surface area contributed by atoms with Crippen molar-refractivity contribution in [3.8, 4) is 17.6 Å². The molecular formula is C11H13NO4. The first-order chi connectivity index (χ1) is 7.63. The molecule has 5 nitrogen and oxygen atoms in total. The van der Waals surface area contributed by atoms with Gasteiger partial charge >= 0.3 is 0 Å². The standard InChI is InChI=1S/C11H13NO4/c1-15-9-4-3-7(5-10(9)16-2)11(14)8(13)6-12/h3-5,8,11,13-14H,1-2H3. The lowest BCUT2D eigenvalue weighted by Gasteiger charge is -2.14. The molecule has 2 N–H and O–H groups in total.